The van der Waals surface area contributed by atoms with Crippen LogP contribution in [0.15, 0.2) is 9.59 Å². The van der Waals surface area contributed by atoms with Gasteiger partial charge in [0, 0.05) is 31.1 Å². The zero-order valence-electron chi connectivity index (χ0n) is 15.6. The minimum absolute atomic E-state index is 0.101. The minimum atomic E-state index is -1.60. The molecule has 2 rings (SSSR count). The molecule has 0 aliphatic carbocycles. The second-order valence-corrected chi connectivity index (χ2v) is 7.93. The molecule has 1 aliphatic rings. The molecule has 0 spiro atoms. The Hall–Kier alpha value is -1.95. The second kappa shape index (κ2) is 7.59. The summed E-state index contributed by atoms with van der Waals surface area (Å²) in [6.07, 6.45) is 0.826. The van der Waals surface area contributed by atoms with Crippen LogP contribution >= 0.6 is 0 Å². The van der Waals surface area contributed by atoms with Crippen molar-refractivity contribution in [2.24, 2.45) is 17.4 Å². The smallest absolute Gasteiger partial charge is 0.451 e. The standard InChI is InChI=1S/C16H27BN4O6/c1-15(2,7-18)20-10-11(13(23)12(10)22)21-6-9(4-3-5-17(26)27)16(19,8-21)14(24)25/h9,20,26-27H,3-8,18-19H2,1-2H3,(H,24,25)/t9-,16-/m0/s1. The number of nitrogens with two attached hydrogens (primary N) is 2. The average Bonchev–Trinajstić information content (AvgIpc) is 2.91. The fraction of sp³-hybridized carbons (Fsp3) is 0.688. The SMILES string of the molecule is CC(C)(CN)Nc1c(N2C[C@H](CCCB(O)O)[C@](N)(C(=O)O)C2)c(=O)c1=O. The van der Waals surface area contributed by atoms with E-state index in [1.807, 2.05) is 0 Å². The Labute approximate surface area is 157 Å². The van der Waals surface area contributed by atoms with E-state index >= 15 is 0 Å². The lowest BCUT2D eigenvalue weighted by Crippen LogP contribution is -2.55. The van der Waals surface area contributed by atoms with E-state index in [-0.39, 0.29) is 37.3 Å². The van der Waals surface area contributed by atoms with Gasteiger partial charge in [-0.25, -0.2) is 0 Å². The van der Waals surface area contributed by atoms with Gasteiger partial charge < -0.3 is 36.8 Å². The van der Waals surface area contributed by atoms with Crippen molar-refractivity contribution < 1.29 is 19.9 Å². The number of hydrogen-bond donors (Lipinski definition) is 6. The molecule has 0 radical (unpaired) electrons. The first-order valence-corrected chi connectivity index (χ1v) is 8.88. The van der Waals surface area contributed by atoms with E-state index in [0.717, 1.165) is 0 Å². The van der Waals surface area contributed by atoms with E-state index in [0.29, 0.717) is 12.8 Å². The minimum Gasteiger partial charge on any atom is -0.480 e. The van der Waals surface area contributed by atoms with Crippen molar-refractivity contribution in [1.82, 2.24) is 0 Å². The maximum absolute atomic E-state index is 12.1. The van der Waals surface area contributed by atoms with Gasteiger partial charge >= 0.3 is 13.1 Å². The fourth-order valence-corrected chi connectivity index (χ4v) is 3.43. The summed E-state index contributed by atoms with van der Waals surface area (Å²) in [6, 6.07) is 0. The summed E-state index contributed by atoms with van der Waals surface area (Å²) >= 11 is 0. The normalized spacial score (nSPS) is 23.0. The summed E-state index contributed by atoms with van der Waals surface area (Å²) in [5, 5.41) is 30.5. The quantitative estimate of drug-likeness (QED) is 0.205. The number of nitrogens with zero attached hydrogens (tertiary/aromatic N) is 1. The number of carboxylic acids is 1. The number of hydrogen-bond acceptors (Lipinski definition) is 9. The Morgan fingerprint density at radius 3 is 2.52 bits per heavy atom. The molecule has 10 nitrogen and oxygen atoms in total. The van der Waals surface area contributed by atoms with Crippen molar-refractivity contribution in [3.63, 3.8) is 0 Å². The molecule has 11 heteroatoms. The molecule has 1 saturated heterocycles. The molecule has 27 heavy (non-hydrogen) atoms. The summed E-state index contributed by atoms with van der Waals surface area (Å²) in [4.78, 5) is 37.4. The van der Waals surface area contributed by atoms with Crippen molar-refractivity contribution in [2.75, 3.05) is 29.9 Å². The highest BCUT2D eigenvalue weighted by Crippen LogP contribution is 2.35. The number of nitrogens with one attached hydrogen (secondary N) is 1. The molecule has 0 unspecified atom stereocenters. The third-order valence-electron chi connectivity index (χ3n) is 5.21. The number of aliphatic carboxylic acids is 1. The van der Waals surface area contributed by atoms with Crippen LogP contribution in [0.4, 0.5) is 11.4 Å². The highest BCUT2D eigenvalue weighted by molar-refractivity contribution is 6.40. The Kier molecular flexibility index (Phi) is 6.00. The molecular weight excluding hydrogens is 355 g/mol. The van der Waals surface area contributed by atoms with E-state index < -0.39 is 40.9 Å². The number of anilines is 2. The van der Waals surface area contributed by atoms with Gasteiger partial charge in [-0.05, 0) is 26.6 Å². The molecular formula is C16H27BN4O6. The Bertz CT molecular complexity index is 775. The molecule has 0 saturated carbocycles. The van der Waals surface area contributed by atoms with Crippen LogP contribution in [-0.4, -0.2) is 59.0 Å². The maximum atomic E-state index is 12.1. The molecule has 1 aromatic rings. The van der Waals surface area contributed by atoms with Crippen LogP contribution in [0.3, 0.4) is 0 Å². The van der Waals surface area contributed by atoms with E-state index in [1.54, 1.807) is 13.8 Å². The largest absolute Gasteiger partial charge is 0.480 e. The van der Waals surface area contributed by atoms with Gasteiger partial charge in [-0.1, -0.05) is 6.42 Å². The average molecular weight is 382 g/mol. The van der Waals surface area contributed by atoms with Crippen LogP contribution in [0.5, 0.6) is 0 Å². The highest BCUT2D eigenvalue weighted by atomic mass is 16.4. The van der Waals surface area contributed by atoms with Crippen molar-refractivity contribution >= 4 is 24.5 Å². The fourth-order valence-electron chi connectivity index (χ4n) is 3.43. The van der Waals surface area contributed by atoms with Crippen LogP contribution in [0.2, 0.25) is 6.32 Å². The lowest BCUT2D eigenvalue weighted by molar-refractivity contribution is -0.144. The number of carbonyl (C=O) groups is 1. The van der Waals surface area contributed by atoms with Crippen LogP contribution in [0, 0.1) is 5.92 Å². The lowest BCUT2D eigenvalue weighted by atomic mass is 9.78. The van der Waals surface area contributed by atoms with Crippen molar-refractivity contribution in [1.29, 1.82) is 0 Å². The molecule has 0 aromatic heterocycles. The first-order valence-electron chi connectivity index (χ1n) is 8.88. The van der Waals surface area contributed by atoms with Gasteiger partial charge in [-0.2, -0.15) is 0 Å². The molecule has 1 heterocycles. The van der Waals surface area contributed by atoms with Gasteiger partial charge in [0.05, 0.1) is 0 Å². The van der Waals surface area contributed by atoms with E-state index in [1.165, 1.54) is 4.90 Å². The van der Waals surface area contributed by atoms with Gasteiger partial charge in [0.1, 0.15) is 16.9 Å². The molecule has 1 fully saturated rings. The van der Waals surface area contributed by atoms with Gasteiger partial charge in [-0.15, -0.1) is 0 Å². The first-order chi connectivity index (χ1) is 12.4. The van der Waals surface area contributed by atoms with Crippen LogP contribution in [0.25, 0.3) is 0 Å². The summed E-state index contributed by atoms with van der Waals surface area (Å²) in [5.74, 6) is -1.71. The Balaban J connectivity index is 2.25. The van der Waals surface area contributed by atoms with Gasteiger partial charge in [0.25, 0.3) is 10.9 Å². The number of carboxylic acid groups (broad SMARTS) is 1. The first kappa shape index (κ1) is 21.4. The highest BCUT2D eigenvalue weighted by Gasteiger charge is 2.51. The Morgan fingerprint density at radius 1 is 1.37 bits per heavy atom. The van der Waals surface area contributed by atoms with Gasteiger partial charge in [0.15, 0.2) is 0 Å². The molecule has 8 N–H and O–H groups in total. The molecule has 1 aliphatic heterocycles. The summed E-state index contributed by atoms with van der Waals surface area (Å²) in [7, 11) is -1.47. The monoisotopic (exact) mass is 382 g/mol. The predicted molar refractivity (Wildman–Crippen MR) is 103 cm³/mol. The van der Waals surface area contributed by atoms with Crippen molar-refractivity contribution in [2.45, 2.75) is 44.1 Å². The number of rotatable bonds is 9. The van der Waals surface area contributed by atoms with Crippen molar-refractivity contribution in [3.05, 3.63) is 20.4 Å². The van der Waals surface area contributed by atoms with Crippen LogP contribution < -0.4 is 32.5 Å². The molecule has 0 bridgehead atoms. The predicted octanol–water partition coefficient (Wildman–Crippen LogP) is -2.10. The zero-order chi connectivity index (χ0) is 20.6. The third-order valence-corrected chi connectivity index (χ3v) is 5.21. The van der Waals surface area contributed by atoms with E-state index in [9.17, 15) is 19.5 Å². The molecule has 2 atom stereocenters. The van der Waals surface area contributed by atoms with Crippen LogP contribution in [0.1, 0.15) is 26.7 Å². The topological polar surface area (TPSA) is 179 Å². The molecule has 1 aromatic carbocycles. The van der Waals surface area contributed by atoms with Gasteiger partial charge in [0.2, 0.25) is 0 Å². The second-order valence-electron chi connectivity index (χ2n) is 7.93. The summed E-state index contributed by atoms with van der Waals surface area (Å²) < 4.78 is 0. The van der Waals surface area contributed by atoms with Crippen LogP contribution in [-0.2, 0) is 4.79 Å². The van der Waals surface area contributed by atoms with E-state index in [2.05, 4.69) is 5.32 Å². The summed E-state index contributed by atoms with van der Waals surface area (Å²) in [5.41, 5.74) is 8.52. The van der Waals surface area contributed by atoms with Gasteiger partial charge in [-0.3, -0.25) is 14.4 Å². The molecule has 150 valence electrons. The zero-order valence-corrected chi connectivity index (χ0v) is 15.6. The lowest BCUT2D eigenvalue weighted by Gasteiger charge is -2.30. The maximum Gasteiger partial charge on any atom is 0.451 e. The molecule has 0 amide bonds. The summed E-state index contributed by atoms with van der Waals surface area (Å²) in [6.45, 7) is 3.87. The van der Waals surface area contributed by atoms with Crippen molar-refractivity contribution in [3.8, 4) is 0 Å². The van der Waals surface area contributed by atoms with E-state index in [4.69, 9.17) is 21.5 Å². The third kappa shape index (κ3) is 4.16. The Morgan fingerprint density at radius 2 is 2.00 bits per heavy atom.